The van der Waals surface area contributed by atoms with E-state index < -0.39 is 65.1 Å². The lowest BCUT2D eigenvalue weighted by atomic mass is 9.78. The van der Waals surface area contributed by atoms with E-state index in [1.165, 1.54) is 24.3 Å². The molecule has 43 heavy (non-hydrogen) atoms. The summed E-state index contributed by atoms with van der Waals surface area (Å²) in [6.45, 7) is 3.49. The molecule has 226 valence electrons. The first-order valence-corrected chi connectivity index (χ1v) is 13.5. The minimum Gasteiger partial charge on any atom is -0.508 e. The average molecular weight is 595 g/mol. The molecule has 2 aliphatic rings. The number of hydrogen-bond donors (Lipinski definition) is 7. The summed E-state index contributed by atoms with van der Waals surface area (Å²) >= 11 is 0. The Morgan fingerprint density at radius 3 is 1.93 bits per heavy atom. The van der Waals surface area contributed by atoms with Gasteiger partial charge in [0.25, 0.3) is 0 Å². The van der Waals surface area contributed by atoms with Gasteiger partial charge in [-0.15, -0.1) is 0 Å². The predicted molar refractivity (Wildman–Crippen MR) is 149 cm³/mol. The second-order valence-electron chi connectivity index (χ2n) is 11.2. The van der Waals surface area contributed by atoms with Crippen molar-refractivity contribution in [3.63, 3.8) is 0 Å². The number of rotatable bonds is 6. The molecule has 0 bridgehead atoms. The topological polar surface area (TPSA) is 211 Å². The maximum atomic E-state index is 13.1. The number of phenolic OH excluding ortho intramolecular Hbond substituents is 4. The summed E-state index contributed by atoms with van der Waals surface area (Å²) in [6.07, 6.45) is -2.14. The first-order valence-electron chi connectivity index (χ1n) is 13.5. The van der Waals surface area contributed by atoms with Crippen LogP contribution in [0, 0.1) is 11.8 Å². The Morgan fingerprint density at radius 2 is 1.37 bits per heavy atom. The van der Waals surface area contributed by atoms with Crippen molar-refractivity contribution in [2.45, 2.75) is 51.2 Å². The highest BCUT2D eigenvalue weighted by Gasteiger charge is 2.40. The van der Waals surface area contributed by atoms with Gasteiger partial charge in [0.05, 0.1) is 6.42 Å². The Labute approximate surface area is 244 Å². The van der Waals surface area contributed by atoms with Crippen molar-refractivity contribution in [1.82, 2.24) is 0 Å². The number of ether oxygens (including phenoxy) is 2. The normalized spacial score (nSPS) is 21.4. The molecule has 0 saturated carbocycles. The molecule has 12 heteroatoms. The van der Waals surface area contributed by atoms with Gasteiger partial charge >= 0.3 is 11.9 Å². The van der Waals surface area contributed by atoms with Crippen molar-refractivity contribution in [3.8, 4) is 40.2 Å². The summed E-state index contributed by atoms with van der Waals surface area (Å²) in [5, 5.41) is 71.6. The van der Waals surface area contributed by atoms with Crippen LogP contribution < -0.4 is 14.9 Å². The minimum atomic E-state index is -1.67. The number of carboxylic acid groups (broad SMARTS) is 2. The van der Waals surface area contributed by atoms with Crippen LogP contribution in [-0.2, 0) is 17.6 Å². The van der Waals surface area contributed by atoms with Crippen LogP contribution in [0.15, 0.2) is 41.2 Å². The van der Waals surface area contributed by atoms with Gasteiger partial charge < -0.3 is 45.2 Å². The van der Waals surface area contributed by atoms with Gasteiger partial charge in [-0.05, 0) is 36.0 Å². The molecule has 5 rings (SSSR count). The van der Waals surface area contributed by atoms with E-state index in [-0.39, 0.29) is 58.5 Å². The fourth-order valence-electron chi connectivity index (χ4n) is 6.16. The smallest absolute Gasteiger partial charge is 0.339 e. The van der Waals surface area contributed by atoms with Crippen LogP contribution in [0.4, 0.5) is 0 Å². The Morgan fingerprint density at radius 1 is 0.814 bits per heavy atom. The van der Waals surface area contributed by atoms with Crippen LogP contribution in [-0.4, -0.2) is 53.8 Å². The second kappa shape index (κ2) is 10.9. The molecule has 0 saturated heterocycles. The highest BCUT2D eigenvalue weighted by molar-refractivity contribution is 5.93. The largest absolute Gasteiger partial charge is 0.508 e. The number of carboxylic acids is 2. The number of aromatic hydroxyl groups is 5. The number of fused-ring (bicyclic) bond motifs is 2. The van der Waals surface area contributed by atoms with Gasteiger partial charge in [0.15, 0.2) is 5.75 Å². The van der Waals surface area contributed by atoms with Crippen molar-refractivity contribution in [2.75, 3.05) is 0 Å². The number of aromatic carboxylic acids is 1. The lowest BCUT2D eigenvalue weighted by molar-refractivity contribution is -0.138. The predicted octanol–water partition coefficient (Wildman–Crippen LogP) is 3.78. The molecule has 2 heterocycles. The van der Waals surface area contributed by atoms with E-state index in [0.29, 0.717) is 11.1 Å². The molecule has 0 aromatic heterocycles. The molecule has 0 spiro atoms. The van der Waals surface area contributed by atoms with Gasteiger partial charge in [0.2, 0.25) is 5.43 Å². The zero-order valence-corrected chi connectivity index (χ0v) is 23.1. The maximum absolute atomic E-state index is 13.1. The molecule has 7 N–H and O–H groups in total. The van der Waals surface area contributed by atoms with E-state index in [4.69, 9.17) is 9.47 Å². The van der Waals surface area contributed by atoms with Crippen LogP contribution >= 0.6 is 0 Å². The fraction of sp³-hybridized carbons (Fsp3) is 0.323. The molecule has 1 unspecified atom stereocenters. The molecular weight excluding hydrogens is 564 g/mol. The first-order chi connectivity index (χ1) is 20.2. The van der Waals surface area contributed by atoms with E-state index in [0.717, 1.165) is 12.1 Å². The van der Waals surface area contributed by atoms with E-state index in [1.807, 2.05) is 0 Å². The highest BCUT2D eigenvalue weighted by atomic mass is 16.5. The lowest BCUT2D eigenvalue weighted by Gasteiger charge is -2.37. The number of phenols is 4. The summed E-state index contributed by atoms with van der Waals surface area (Å²) in [7, 11) is 0. The van der Waals surface area contributed by atoms with Crippen molar-refractivity contribution < 1.29 is 54.8 Å². The van der Waals surface area contributed by atoms with Crippen molar-refractivity contribution in [1.29, 1.82) is 0 Å². The van der Waals surface area contributed by atoms with Crippen LogP contribution in [0.1, 0.15) is 64.9 Å². The van der Waals surface area contributed by atoms with Gasteiger partial charge in [0.1, 0.15) is 52.3 Å². The molecule has 3 aromatic rings. The standard InChI is InChI=1S/C31H30O12/c1-12-3-19-21(34)7-15(32)9-24(19)42-29(12)14-5-17(27(31(40)41)28(39)23(36)6-14)18(11-26(37)38)30-13(2)4-20-22(35)8-16(33)10-25(20)43-30/h5-10,12-13,18,29-30,32-35H,3-4,11H2,1-2H3,(H,36,39)(H,37,38)(H,40,41)/t12-,13-,18?,29+,30+/m1/s1. The van der Waals surface area contributed by atoms with Gasteiger partial charge in [-0.1, -0.05) is 19.9 Å². The maximum Gasteiger partial charge on any atom is 0.339 e. The molecule has 0 radical (unpaired) electrons. The van der Waals surface area contributed by atoms with Gasteiger partial charge in [-0.3, -0.25) is 9.59 Å². The van der Waals surface area contributed by atoms with Crippen LogP contribution in [0.2, 0.25) is 0 Å². The molecule has 3 aromatic carbocycles. The molecular formula is C31H30O12. The number of aliphatic carboxylic acids is 1. The molecule has 2 aliphatic heterocycles. The van der Waals surface area contributed by atoms with Crippen LogP contribution in [0.25, 0.3) is 0 Å². The average Bonchev–Trinajstić information content (AvgIpc) is 3.03. The molecule has 0 fully saturated rings. The third-order valence-corrected chi connectivity index (χ3v) is 8.10. The molecule has 0 amide bonds. The Hall–Kier alpha value is -5.13. The third-order valence-electron chi connectivity index (χ3n) is 8.10. The summed E-state index contributed by atoms with van der Waals surface area (Å²) in [5.74, 6) is -6.91. The number of hydrogen-bond acceptors (Lipinski definition) is 10. The quantitative estimate of drug-likeness (QED) is 0.217. The Kier molecular flexibility index (Phi) is 7.47. The van der Waals surface area contributed by atoms with E-state index >= 15 is 0 Å². The van der Waals surface area contributed by atoms with Crippen LogP contribution in [0.3, 0.4) is 0 Å². The number of benzene rings is 2. The second-order valence-corrected chi connectivity index (χ2v) is 11.2. The SMILES string of the molecule is C[C@@H]1Cc2c(O)cc(O)cc2O[C@@H]1c1cc(C(CC(=O)O)[C@H]2Oc3cc(O)cc(O)c3C[C@H]2C)c(C(=O)O)c(O)c(=O)c1. The van der Waals surface area contributed by atoms with Gasteiger partial charge in [0, 0.05) is 47.2 Å². The highest BCUT2D eigenvalue weighted by Crippen LogP contribution is 2.47. The zero-order valence-electron chi connectivity index (χ0n) is 23.1. The van der Waals surface area contributed by atoms with E-state index in [1.54, 1.807) is 13.8 Å². The zero-order chi connectivity index (χ0) is 31.3. The summed E-state index contributed by atoms with van der Waals surface area (Å²) in [4.78, 5) is 37.8. The monoisotopic (exact) mass is 594 g/mol. The summed E-state index contributed by atoms with van der Waals surface area (Å²) in [6, 6.07) is 7.21. The fourth-order valence-corrected chi connectivity index (χ4v) is 6.16. The summed E-state index contributed by atoms with van der Waals surface area (Å²) < 4.78 is 12.2. The first kappa shape index (κ1) is 29.4. The van der Waals surface area contributed by atoms with Gasteiger partial charge in [-0.25, -0.2) is 4.79 Å². The molecule has 5 atom stereocenters. The van der Waals surface area contributed by atoms with E-state index in [2.05, 4.69) is 0 Å². The van der Waals surface area contributed by atoms with E-state index in [9.17, 15) is 50.1 Å². The van der Waals surface area contributed by atoms with Crippen molar-refractivity contribution in [2.24, 2.45) is 11.8 Å². The molecule has 12 nitrogen and oxygen atoms in total. The summed E-state index contributed by atoms with van der Waals surface area (Å²) in [5.41, 5.74) is -1.06. The Bertz CT molecular complexity index is 1700. The van der Waals surface area contributed by atoms with Crippen molar-refractivity contribution in [3.05, 3.63) is 74.4 Å². The van der Waals surface area contributed by atoms with Crippen molar-refractivity contribution >= 4 is 11.9 Å². The number of carbonyl (C=O) groups is 2. The third kappa shape index (κ3) is 5.43. The van der Waals surface area contributed by atoms with Gasteiger partial charge in [-0.2, -0.15) is 0 Å². The van der Waals surface area contributed by atoms with Crippen LogP contribution in [0.5, 0.6) is 40.2 Å². The lowest BCUT2D eigenvalue weighted by Crippen LogP contribution is -2.38. The Balaban J connectivity index is 1.70. The molecule has 0 aliphatic carbocycles. The minimum absolute atomic E-state index is 0.0857.